The van der Waals surface area contributed by atoms with Crippen LogP contribution in [0, 0.1) is 6.92 Å². The third-order valence-electron chi connectivity index (χ3n) is 3.07. The van der Waals surface area contributed by atoms with Crippen molar-refractivity contribution in [2.24, 2.45) is 0 Å². The smallest absolute Gasteiger partial charge is 0.318 e. The normalized spacial score (nSPS) is 10.8. The first-order valence-electron chi connectivity index (χ1n) is 7.40. The molecule has 0 saturated heterocycles. The molecule has 9 nitrogen and oxygen atoms in total. The zero-order chi connectivity index (χ0) is 17.5. The second kappa shape index (κ2) is 8.62. The standard InChI is InChI=1S/C14H16N6O3S2/c1-10-18-19-14(25-10)24-3-2-15-13(21)20(4-11-6-22-8-16-11)5-12-7-23-9-17-12/h6-9H,2-5H2,1H3,(H,15,21). The zero-order valence-electron chi connectivity index (χ0n) is 13.4. The highest BCUT2D eigenvalue weighted by Crippen LogP contribution is 2.21. The molecule has 0 aliphatic carbocycles. The van der Waals surface area contributed by atoms with E-state index in [1.54, 1.807) is 16.7 Å². The van der Waals surface area contributed by atoms with Crippen LogP contribution >= 0.6 is 23.1 Å². The topological polar surface area (TPSA) is 110 Å². The third kappa shape index (κ3) is 5.29. The maximum atomic E-state index is 12.5. The molecule has 0 aliphatic heterocycles. The minimum Gasteiger partial charge on any atom is -0.451 e. The molecule has 0 fully saturated rings. The average molecular weight is 380 g/mol. The van der Waals surface area contributed by atoms with E-state index in [1.165, 1.54) is 36.7 Å². The van der Waals surface area contributed by atoms with Crippen molar-refractivity contribution in [3.63, 3.8) is 0 Å². The van der Waals surface area contributed by atoms with Gasteiger partial charge in [-0.2, -0.15) is 0 Å². The highest BCUT2D eigenvalue weighted by molar-refractivity contribution is 8.01. The Balaban J connectivity index is 1.50. The van der Waals surface area contributed by atoms with E-state index in [4.69, 9.17) is 8.83 Å². The van der Waals surface area contributed by atoms with Crippen molar-refractivity contribution in [3.8, 4) is 0 Å². The number of aryl methyl sites for hydroxylation is 1. The van der Waals surface area contributed by atoms with Crippen molar-refractivity contribution in [1.82, 2.24) is 30.4 Å². The molecule has 0 bridgehead atoms. The summed E-state index contributed by atoms with van der Waals surface area (Å²) in [7, 11) is 0. The van der Waals surface area contributed by atoms with Crippen LogP contribution in [-0.2, 0) is 13.1 Å². The van der Waals surface area contributed by atoms with Crippen LogP contribution in [0.3, 0.4) is 0 Å². The van der Waals surface area contributed by atoms with Crippen molar-refractivity contribution in [1.29, 1.82) is 0 Å². The molecule has 3 rings (SSSR count). The van der Waals surface area contributed by atoms with Gasteiger partial charge < -0.3 is 19.1 Å². The van der Waals surface area contributed by atoms with Crippen LogP contribution in [0.25, 0.3) is 0 Å². The molecule has 0 radical (unpaired) electrons. The summed E-state index contributed by atoms with van der Waals surface area (Å²) in [5.41, 5.74) is 1.33. The first-order valence-corrected chi connectivity index (χ1v) is 9.20. The van der Waals surface area contributed by atoms with Crippen molar-refractivity contribution in [2.45, 2.75) is 24.4 Å². The predicted octanol–water partition coefficient (Wildman–Crippen LogP) is 2.33. The molecule has 0 aromatic carbocycles. The quantitative estimate of drug-likeness (QED) is 0.468. The molecule has 3 aromatic heterocycles. The number of hydrogen-bond donors (Lipinski definition) is 1. The van der Waals surface area contributed by atoms with E-state index < -0.39 is 0 Å². The summed E-state index contributed by atoms with van der Waals surface area (Å²) in [6.45, 7) is 3.06. The van der Waals surface area contributed by atoms with E-state index in [9.17, 15) is 4.79 Å². The molecule has 11 heteroatoms. The number of nitrogens with zero attached hydrogens (tertiary/aromatic N) is 5. The number of thioether (sulfide) groups is 1. The summed E-state index contributed by atoms with van der Waals surface area (Å²) in [6.07, 6.45) is 5.69. The average Bonchev–Trinajstić information content (AvgIpc) is 3.34. The SMILES string of the molecule is Cc1nnc(SCCNC(=O)N(Cc2cocn2)Cc2cocn2)s1. The van der Waals surface area contributed by atoms with Crippen molar-refractivity contribution in [3.05, 3.63) is 41.7 Å². The lowest BCUT2D eigenvalue weighted by Gasteiger charge is -2.21. The van der Waals surface area contributed by atoms with Gasteiger partial charge in [0.05, 0.1) is 24.5 Å². The number of carbonyl (C=O) groups excluding carboxylic acids is 1. The molecule has 0 aliphatic rings. The van der Waals surface area contributed by atoms with Gasteiger partial charge in [0.1, 0.15) is 17.5 Å². The van der Waals surface area contributed by atoms with Crippen LogP contribution in [0.15, 0.2) is 38.5 Å². The van der Waals surface area contributed by atoms with Gasteiger partial charge in [0.15, 0.2) is 17.1 Å². The van der Waals surface area contributed by atoms with E-state index in [1.807, 2.05) is 6.92 Å². The van der Waals surface area contributed by atoms with Crippen molar-refractivity contribution in [2.75, 3.05) is 12.3 Å². The molecule has 0 spiro atoms. The third-order valence-corrected chi connectivity index (χ3v) is 5.04. The van der Waals surface area contributed by atoms with Crippen molar-refractivity contribution >= 4 is 29.1 Å². The Labute approximate surface area is 151 Å². The molecular weight excluding hydrogens is 364 g/mol. The van der Waals surface area contributed by atoms with Gasteiger partial charge in [-0.05, 0) is 6.92 Å². The van der Waals surface area contributed by atoms with Crippen LogP contribution < -0.4 is 5.32 Å². The largest absolute Gasteiger partial charge is 0.451 e. The van der Waals surface area contributed by atoms with Gasteiger partial charge in [-0.1, -0.05) is 23.1 Å². The fourth-order valence-corrected chi connectivity index (χ4v) is 3.71. The minimum atomic E-state index is -0.208. The summed E-state index contributed by atoms with van der Waals surface area (Å²) < 4.78 is 10.8. The summed E-state index contributed by atoms with van der Waals surface area (Å²) in [5.74, 6) is 0.710. The van der Waals surface area contributed by atoms with Crippen LogP contribution in [0.1, 0.15) is 16.4 Å². The number of urea groups is 1. The van der Waals surface area contributed by atoms with E-state index in [0.717, 1.165) is 9.35 Å². The Bertz CT molecular complexity index is 738. The molecule has 0 unspecified atom stereocenters. The molecule has 0 saturated carbocycles. The molecule has 3 heterocycles. The number of oxazole rings is 2. The number of aromatic nitrogens is 4. The van der Waals surface area contributed by atoms with Gasteiger partial charge in [0, 0.05) is 12.3 Å². The fraction of sp³-hybridized carbons (Fsp3) is 0.357. The summed E-state index contributed by atoms with van der Waals surface area (Å²) in [6, 6.07) is -0.208. The second-order valence-corrected chi connectivity index (χ2v) is 7.51. The van der Waals surface area contributed by atoms with Crippen LogP contribution in [0.5, 0.6) is 0 Å². The molecule has 1 N–H and O–H groups in total. The molecule has 0 atom stereocenters. The lowest BCUT2D eigenvalue weighted by atomic mass is 10.3. The first kappa shape index (κ1) is 17.4. The molecule has 25 heavy (non-hydrogen) atoms. The molecule has 3 aromatic rings. The summed E-state index contributed by atoms with van der Waals surface area (Å²) in [4.78, 5) is 22.2. The maximum Gasteiger partial charge on any atom is 0.318 e. The van der Waals surface area contributed by atoms with Gasteiger partial charge in [0.25, 0.3) is 0 Å². The van der Waals surface area contributed by atoms with E-state index in [2.05, 4.69) is 25.5 Å². The summed E-state index contributed by atoms with van der Waals surface area (Å²) >= 11 is 3.10. The number of carbonyl (C=O) groups is 1. The van der Waals surface area contributed by atoms with Crippen molar-refractivity contribution < 1.29 is 13.6 Å². The Morgan fingerprint density at radius 2 is 1.88 bits per heavy atom. The molecule has 2 amide bonds. The monoisotopic (exact) mass is 380 g/mol. The fourth-order valence-electron chi connectivity index (χ4n) is 1.97. The predicted molar refractivity (Wildman–Crippen MR) is 91.0 cm³/mol. The highest BCUT2D eigenvalue weighted by atomic mass is 32.2. The maximum absolute atomic E-state index is 12.5. The van der Waals surface area contributed by atoms with Crippen LogP contribution in [-0.4, -0.2) is 43.4 Å². The lowest BCUT2D eigenvalue weighted by molar-refractivity contribution is 0.191. The van der Waals surface area contributed by atoms with E-state index >= 15 is 0 Å². The molecular formula is C14H16N6O3S2. The van der Waals surface area contributed by atoms with Crippen LogP contribution in [0.4, 0.5) is 4.79 Å². The van der Waals surface area contributed by atoms with Gasteiger partial charge in [0.2, 0.25) is 0 Å². The van der Waals surface area contributed by atoms with Gasteiger partial charge in [-0.15, -0.1) is 10.2 Å². The Kier molecular flexibility index (Phi) is 6.01. The van der Waals surface area contributed by atoms with E-state index in [-0.39, 0.29) is 6.03 Å². The van der Waals surface area contributed by atoms with Crippen LogP contribution in [0.2, 0.25) is 0 Å². The minimum absolute atomic E-state index is 0.208. The lowest BCUT2D eigenvalue weighted by Crippen LogP contribution is -2.40. The van der Waals surface area contributed by atoms with Gasteiger partial charge in [-0.25, -0.2) is 14.8 Å². The number of nitrogens with one attached hydrogen (secondary N) is 1. The Morgan fingerprint density at radius 3 is 2.40 bits per heavy atom. The number of hydrogen-bond acceptors (Lipinski definition) is 9. The summed E-state index contributed by atoms with van der Waals surface area (Å²) in [5, 5.41) is 11.8. The molecule has 132 valence electrons. The second-order valence-electron chi connectivity index (χ2n) is 4.98. The zero-order valence-corrected chi connectivity index (χ0v) is 15.0. The van der Waals surface area contributed by atoms with Gasteiger partial charge >= 0.3 is 6.03 Å². The highest BCUT2D eigenvalue weighted by Gasteiger charge is 2.17. The number of rotatable bonds is 8. The first-order chi connectivity index (χ1) is 12.2. The Hall–Kier alpha value is -2.40. The van der Waals surface area contributed by atoms with Gasteiger partial charge in [-0.3, -0.25) is 0 Å². The van der Waals surface area contributed by atoms with E-state index in [0.29, 0.717) is 36.8 Å². The number of amides is 2. The Morgan fingerprint density at radius 1 is 1.20 bits per heavy atom.